The van der Waals surface area contributed by atoms with Gasteiger partial charge in [-0.2, -0.15) is 4.98 Å². The highest BCUT2D eigenvalue weighted by Gasteiger charge is 2.18. The Morgan fingerprint density at radius 1 is 1.35 bits per heavy atom. The number of rotatable bonds is 3. The predicted molar refractivity (Wildman–Crippen MR) is 69.2 cm³/mol. The van der Waals surface area contributed by atoms with Gasteiger partial charge in [-0.05, 0) is 24.1 Å². The minimum Gasteiger partial charge on any atom is -0.334 e. The lowest BCUT2D eigenvalue weighted by Crippen LogP contribution is -2.18. The van der Waals surface area contributed by atoms with E-state index in [-0.39, 0.29) is 12.0 Å². The second kappa shape index (κ2) is 4.98. The highest BCUT2D eigenvalue weighted by atomic mass is 79.9. The maximum absolute atomic E-state index is 5.96. The Bertz CT molecular complexity index is 510. The Kier molecular flexibility index (Phi) is 3.59. The van der Waals surface area contributed by atoms with Crippen molar-refractivity contribution in [3.8, 4) is 11.5 Å². The molecule has 0 aliphatic heterocycles. The van der Waals surface area contributed by atoms with Crippen LogP contribution in [0.2, 0.25) is 0 Å². The standard InChI is InChI=1S/C12H14BrN3O/c1-7(2)10(14)11-15-12(17-16-11)8-4-3-5-9(13)6-8/h3-7,10H,14H2,1-2H3. The number of nitrogens with zero attached hydrogens (tertiary/aromatic N) is 2. The number of halogens is 1. The fourth-order valence-electron chi connectivity index (χ4n) is 1.41. The summed E-state index contributed by atoms with van der Waals surface area (Å²) in [5.74, 6) is 1.33. The zero-order chi connectivity index (χ0) is 12.4. The van der Waals surface area contributed by atoms with E-state index in [0.717, 1.165) is 10.0 Å². The van der Waals surface area contributed by atoms with Crippen LogP contribution in [0.4, 0.5) is 0 Å². The van der Waals surface area contributed by atoms with E-state index in [4.69, 9.17) is 10.3 Å². The molecule has 0 fully saturated rings. The van der Waals surface area contributed by atoms with Crippen LogP contribution < -0.4 is 5.73 Å². The maximum Gasteiger partial charge on any atom is 0.258 e. The second-order valence-electron chi connectivity index (χ2n) is 4.24. The molecule has 0 saturated heterocycles. The summed E-state index contributed by atoms with van der Waals surface area (Å²) >= 11 is 3.40. The molecule has 0 amide bonds. The van der Waals surface area contributed by atoms with Crippen LogP contribution in [0.1, 0.15) is 25.7 Å². The molecule has 1 aromatic carbocycles. The number of benzene rings is 1. The lowest BCUT2D eigenvalue weighted by Gasteiger charge is -2.09. The molecule has 0 aliphatic rings. The molecule has 2 rings (SSSR count). The van der Waals surface area contributed by atoms with Gasteiger partial charge in [0.2, 0.25) is 0 Å². The summed E-state index contributed by atoms with van der Waals surface area (Å²) in [5, 5.41) is 3.92. The van der Waals surface area contributed by atoms with Gasteiger partial charge in [0.25, 0.3) is 5.89 Å². The summed E-state index contributed by atoms with van der Waals surface area (Å²) in [4.78, 5) is 4.32. The predicted octanol–water partition coefficient (Wildman–Crippen LogP) is 3.15. The third-order valence-corrected chi connectivity index (χ3v) is 3.02. The fourth-order valence-corrected chi connectivity index (χ4v) is 1.81. The van der Waals surface area contributed by atoms with E-state index in [1.54, 1.807) is 0 Å². The number of nitrogens with two attached hydrogens (primary N) is 1. The van der Waals surface area contributed by atoms with Gasteiger partial charge >= 0.3 is 0 Å². The molecule has 0 radical (unpaired) electrons. The molecule has 0 aliphatic carbocycles. The fraction of sp³-hybridized carbons (Fsp3) is 0.333. The van der Waals surface area contributed by atoms with Crippen molar-refractivity contribution in [1.82, 2.24) is 10.1 Å². The maximum atomic E-state index is 5.96. The van der Waals surface area contributed by atoms with Crippen molar-refractivity contribution in [2.45, 2.75) is 19.9 Å². The van der Waals surface area contributed by atoms with E-state index >= 15 is 0 Å². The van der Waals surface area contributed by atoms with Crippen LogP contribution >= 0.6 is 15.9 Å². The first-order valence-electron chi connectivity index (χ1n) is 5.43. The first kappa shape index (κ1) is 12.3. The Morgan fingerprint density at radius 3 is 2.76 bits per heavy atom. The molecule has 0 saturated carbocycles. The SMILES string of the molecule is CC(C)C(N)c1noc(-c2cccc(Br)c2)n1. The third-order valence-electron chi connectivity index (χ3n) is 2.53. The third kappa shape index (κ3) is 2.73. The zero-order valence-electron chi connectivity index (χ0n) is 9.72. The van der Waals surface area contributed by atoms with Gasteiger partial charge in [-0.1, -0.05) is 41.0 Å². The van der Waals surface area contributed by atoms with Crippen molar-refractivity contribution in [3.05, 3.63) is 34.6 Å². The normalized spacial score (nSPS) is 13.0. The molecule has 0 bridgehead atoms. The van der Waals surface area contributed by atoms with Crippen LogP contribution in [0.25, 0.3) is 11.5 Å². The van der Waals surface area contributed by atoms with Gasteiger partial charge in [0.1, 0.15) is 0 Å². The van der Waals surface area contributed by atoms with Gasteiger partial charge in [0.05, 0.1) is 6.04 Å². The van der Waals surface area contributed by atoms with E-state index in [0.29, 0.717) is 11.7 Å². The Hall–Kier alpha value is -1.20. The Balaban J connectivity index is 2.30. The number of hydrogen-bond acceptors (Lipinski definition) is 4. The molecule has 1 aromatic heterocycles. The van der Waals surface area contributed by atoms with Crippen LogP contribution in [0.15, 0.2) is 33.3 Å². The molecule has 5 heteroatoms. The minimum atomic E-state index is -0.195. The topological polar surface area (TPSA) is 64.9 Å². The molecule has 4 nitrogen and oxygen atoms in total. The number of aromatic nitrogens is 2. The van der Waals surface area contributed by atoms with Gasteiger partial charge in [0, 0.05) is 10.0 Å². The van der Waals surface area contributed by atoms with E-state index in [2.05, 4.69) is 26.1 Å². The van der Waals surface area contributed by atoms with Crippen molar-refractivity contribution >= 4 is 15.9 Å². The largest absolute Gasteiger partial charge is 0.334 e. The van der Waals surface area contributed by atoms with Crippen LogP contribution in [-0.2, 0) is 0 Å². The van der Waals surface area contributed by atoms with Crippen molar-refractivity contribution < 1.29 is 4.52 Å². The molecule has 1 unspecified atom stereocenters. The van der Waals surface area contributed by atoms with Gasteiger partial charge < -0.3 is 10.3 Å². The molecule has 1 heterocycles. The first-order valence-corrected chi connectivity index (χ1v) is 6.22. The summed E-state index contributed by atoms with van der Waals surface area (Å²) in [6.07, 6.45) is 0. The first-order chi connectivity index (χ1) is 8.08. The van der Waals surface area contributed by atoms with Crippen LogP contribution in [-0.4, -0.2) is 10.1 Å². The Labute approximate surface area is 108 Å². The van der Waals surface area contributed by atoms with E-state index in [1.165, 1.54) is 0 Å². The van der Waals surface area contributed by atoms with Crippen molar-refractivity contribution in [1.29, 1.82) is 0 Å². The monoisotopic (exact) mass is 295 g/mol. The lowest BCUT2D eigenvalue weighted by molar-refractivity contribution is 0.400. The molecular formula is C12H14BrN3O. The van der Waals surface area contributed by atoms with Crippen molar-refractivity contribution in [3.63, 3.8) is 0 Å². The second-order valence-corrected chi connectivity index (χ2v) is 5.15. The summed E-state index contributed by atoms with van der Waals surface area (Å²) < 4.78 is 6.19. The van der Waals surface area contributed by atoms with Crippen LogP contribution in [0.5, 0.6) is 0 Å². The van der Waals surface area contributed by atoms with Gasteiger partial charge in [-0.25, -0.2) is 0 Å². The highest BCUT2D eigenvalue weighted by Crippen LogP contribution is 2.23. The highest BCUT2D eigenvalue weighted by molar-refractivity contribution is 9.10. The summed E-state index contributed by atoms with van der Waals surface area (Å²) in [6, 6.07) is 7.52. The molecule has 17 heavy (non-hydrogen) atoms. The van der Waals surface area contributed by atoms with E-state index < -0.39 is 0 Å². The summed E-state index contributed by atoms with van der Waals surface area (Å²) in [6.45, 7) is 4.06. The number of hydrogen-bond donors (Lipinski definition) is 1. The minimum absolute atomic E-state index is 0.195. The summed E-state index contributed by atoms with van der Waals surface area (Å²) in [7, 11) is 0. The molecule has 0 spiro atoms. The zero-order valence-corrected chi connectivity index (χ0v) is 11.3. The average molecular weight is 296 g/mol. The van der Waals surface area contributed by atoms with Crippen LogP contribution in [0, 0.1) is 5.92 Å². The average Bonchev–Trinajstić information content (AvgIpc) is 2.77. The van der Waals surface area contributed by atoms with Crippen molar-refractivity contribution in [2.75, 3.05) is 0 Å². The lowest BCUT2D eigenvalue weighted by atomic mass is 10.1. The van der Waals surface area contributed by atoms with Gasteiger partial charge in [-0.15, -0.1) is 0 Å². The molecule has 2 N–H and O–H groups in total. The molecule has 90 valence electrons. The van der Waals surface area contributed by atoms with Gasteiger partial charge in [0.15, 0.2) is 5.82 Å². The molecule has 1 atom stereocenters. The van der Waals surface area contributed by atoms with E-state index in [1.807, 2.05) is 38.1 Å². The quantitative estimate of drug-likeness (QED) is 0.945. The molecular weight excluding hydrogens is 282 g/mol. The Morgan fingerprint density at radius 2 is 2.12 bits per heavy atom. The smallest absolute Gasteiger partial charge is 0.258 e. The summed E-state index contributed by atoms with van der Waals surface area (Å²) in [5.41, 5.74) is 6.85. The van der Waals surface area contributed by atoms with Crippen molar-refractivity contribution in [2.24, 2.45) is 11.7 Å². The van der Waals surface area contributed by atoms with E-state index in [9.17, 15) is 0 Å². The van der Waals surface area contributed by atoms with Gasteiger partial charge in [-0.3, -0.25) is 0 Å². The van der Waals surface area contributed by atoms with Crippen LogP contribution in [0.3, 0.4) is 0 Å². The molecule has 2 aromatic rings.